The van der Waals surface area contributed by atoms with Gasteiger partial charge in [0, 0.05) is 19.3 Å². The Bertz CT molecular complexity index is 418. The zero-order chi connectivity index (χ0) is 13.8. The third-order valence-electron chi connectivity index (χ3n) is 4.83. The number of hydrogen-bond acceptors (Lipinski definition) is 3. The van der Waals surface area contributed by atoms with Crippen LogP contribution in [0.5, 0.6) is 0 Å². The van der Waals surface area contributed by atoms with Crippen molar-refractivity contribution in [1.29, 1.82) is 0 Å². The summed E-state index contributed by atoms with van der Waals surface area (Å²) in [7, 11) is 0. The van der Waals surface area contributed by atoms with Crippen molar-refractivity contribution >= 4 is 0 Å². The molecule has 3 rings (SSSR count). The molecule has 0 radical (unpaired) electrons. The predicted octanol–water partition coefficient (Wildman–Crippen LogP) is 3.05. The van der Waals surface area contributed by atoms with Crippen LogP contribution in [0.15, 0.2) is 12.3 Å². The molecule has 20 heavy (non-hydrogen) atoms. The van der Waals surface area contributed by atoms with E-state index in [1.165, 1.54) is 32.1 Å². The van der Waals surface area contributed by atoms with E-state index in [0.717, 1.165) is 38.2 Å². The van der Waals surface area contributed by atoms with Gasteiger partial charge < -0.3 is 10.1 Å². The Balaban J connectivity index is 1.65. The molecule has 1 aromatic heterocycles. The molecule has 112 valence electrons. The van der Waals surface area contributed by atoms with E-state index in [-0.39, 0.29) is 5.60 Å². The summed E-state index contributed by atoms with van der Waals surface area (Å²) >= 11 is 0. The minimum absolute atomic E-state index is 0.162. The Morgan fingerprint density at radius 1 is 1.40 bits per heavy atom. The van der Waals surface area contributed by atoms with Gasteiger partial charge in [0.15, 0.2) is 0 Å². The van der Waals surface area contributed by atoms with Crippen LogP contribution >= 0.6 is 0 Å². The first-order valence-electron chi connectivity index (χ1n) is 8.20. The molecule has 0 amide bonds. The Kier molecular flexibility index (Phi) is 4.41. The van der Waals surface area contributed by atoms with Gasteiger partial charge >= 0.3 is 0 Å². The minimum Gasteiger partial charge on any atom is -0.375 e. The first kappa shape index (κ1) is 14.1. The van der Waals surface area contributed by atoms with Crippen LogP contribution in [0.1, 0.15) is 63.6 Å². The van der Waals surface area contributed by atoms with Crippen molar-refractivity contribution < 1.29 is 4.74 Å². The van der Waals surface area contributed by atoms with Gasteiger partial charge in [-0.05, 0) is 38.3 Å². The summed E-state index contributed by atoms with van der Waals surface area (Å²) in [5, 5.41) is 8.09. The fourth-order valence-electron chi connectivity index (χ4n) is 3.70. The second-order valence-corrected chi connectivity index (χ2v) is 6.31. The van der Waals surface area contributed by atoms with Crippen molar-refractivity contribution in [2.24, 2.45) is 0 Å². The Morgan fingerprint density at radius 2 is 2.25 bits per heavy atom. The van der Waals surface area contributed by atoms with Gasteiger partial charge in [-0.3, -0.25) is 4.68 Å². The average molecular weight is 277 g/mol. The van der Waals surface area contributed by atoms with Crippen LogP contribution in [0.25, 0.3) is 0 Å². The highest BCUT2D eigenvalue weighted by atomic mass is 16.5. The van der Waals surface area contributed by atoms with Crippen molar-refractivity contribution in [3.05, 3.63) is 18.0 Å². The monoisotopic (exact) mass is 277 g/mol. The van der Waals surface area contributed by atoms with Crippen LogP contribution in [-0.4, -0.2) is 28.5 Å². The van der Waals surface area contributed by atoms with Crippen LogP contribution in [0.3, 0.4) is 0 Å². The lowest BCUT2D eigenvalue weighted by molar-refractivity contribution is -0.115. The van der Waals surface area contributed by atoms with E-state index in [1.807, 2.05) is 0 Å². The molecule has 4 heteroatoms. The van der Waals surface area contributed by atoms with Crippen LogP contribution in [0, 0.1) is 0 Å². The maximum atomic E-state index is 6.18. The molecule has 2 aliphatic rings. The van der Waals surface area contributed by atoms with Gasteiger partial charge in [0.2, 0.25) is 0 Å². The van der Waals surface area contributed by atoms with E-state index in [9.17, 15) is 0 Å². The first-order valence-corrected chi connectivity index (χ1v) is 8.20. The number of rotatable bonds is 4. The van der Waals surface area contributed by atoms with Crippen molar-refractivity contribution in [3.63, 3.8) is 0 Å². The molecule has 2 fully saturated rings. The Labute approximate surface area is 121 Å². The van der Waals surface area contributed by atoms with Gasteiger partial charge in [-0.1, -0.05) is 26.2 Å². The Hall–Kier alpha value is -0.870. The number of nitrogens with zero attached hydrogens (tertiary/aromatic N) is 2. The summed E-state index contributed by atoms with van der Waals surface area (Å²) in [5.74, 6) is 0. The van der Waals surface area contributed by atoms with Crippen LogP contribution in [0.4, 0.5) is 0 Å². The highest BCUT2D eigenvalue weighted by Crippen LogP contribution is 2.42. The summed E-state index contributed by atoms with van der Waals surface area (Å²) in [6, 6.07) is 2.67. The third kappa shape index (κ3) is 3.07. The van der Waals surface area contributed by atoms with Gasteiger partial charge in [-0.2, -0.15) is 5.10 Å². The van der Waals surface area contributed by atoms with Gasteiger partial charge in [-0.15, -0.1) is 0 Å². The summed E-state index contributed by atoms with van der Waals surface area (Å²) in [5.41, 5.74) is 1.31. The molecule has 4 nitrogen and oxygen atoms in total. The van der Waals surface area contributed by atoms with Gasteiger partial charge in [0.1, 0.15) is 0 Å². The fourth-order valence-corrected chi connectivity index (χ4v) is 3.70. The average Bonchev–Trinajstić information content (AvgIpc) is 2.95. The number of nitrogens with one attached hydrogen (secondary N) is 1. The molecule has 1 aliphatic heterocycles. The molecule has 1 saturated carbocycles. The van der Waals surface area contributed by atoms with Gasteiger partial charge in [-0.25, -0.2) is 0 Å². The molecule has 1 atom stereocenters. The molecule has 1 saturated heterocycles. The maximum Gasteiger partial charge on any atom is 0.0762 e. The fraction of sp³-hybridized carbons (Fsp3) is 0.812. The molecule has 0 bridgehead atoms. The smallest absolute Gasteiger partial charge is 0.0762 e. The molecular formula is C16H27N3O. The zero-order valence-corrected chi connectivity index (χ0v) is 12.6. The summed E-state index contributed by atoms with van der Waals surface area (Å²) < 4.78 is 8.36. The van der Waals surface area contributed by atoms with E-state index >= 15 is 0 Å². The molecule has 2 heterocycles. The lowest BCUT2D eigenvalue weighted by Gasteiger charge is -2.43. The third-order valence-corrected chi connectivity index (χ3v) is 4.83. The maximum absolute atomic E-state index is 6.18. The number of hydrogen-bond donors (Lipinski definition) is 1. The van der Waals surface area contributed by atoms with Gasteiger partial charge in [0.05, 0.1) is 17.3 Å². The summed E-state index contributed by atoms with van der Waals surface area (Å²) in [6.45, 7) is 4.89. The first-order chi connectivity index (χ1) is 9.81. The summed E-state index contributed by atoms with van der Waals surface area (Å²) in [4.78, 5) is 0. The van der Waals surface area contributed by atoms with E-state index in [1.54, 1.807) is 0 Å². The molecule has 1 aromatic rings. The second kappa shape index (κ2) is 6.27. The van der Waals surface area contributed by atoms with Crippen LogP contribution in [0.2, 0.25) is 0 Å². The molecule has 0 aromatic carbocycles. The van der Waals surface area contributed by atoms with Crippen molar-refractivity contribution in [1.82, 2.24) is 15.1 Å². The van der Waals surface area contributed by atoms with Crippen molar-refractivity contribution in [2.75, 3.05) is 13.2 Å². The molecule has 1 N–H and O–H groups in total. The normalized spacial score (nSPS) is 25.9. The largest absolute Gasteiger partial charge is 0.375 e. The van der Waals surface area contributed by atoms with E-state index < -0.39 is 0 Å². The quantitative estimate of drug-likeness (QED) is 0.919. The van der Waals surface area contributed by atoms with Crippen molar-refractivity contribution in [3.8, 4) is 0 Å². The second-order valence-electron chi connectivity index (χ2n) is 6.31. The summed E-state index contributed by atoms with van der Waals surface area (Å²) in [6.07, 6.45) is 10.9. The molecule has 1 unspecified atom stereocenters. The zero-order valence-electron chi connectivity index (χ0n) is 12.6. The van der Waals surface area contributed by atoms with Gasteiger partial charge in [0.25, 0.3) is 0 Å². The topological polar surface area (TPSA) is 39.1 Å². The van der Waals surface area contributed by atoms with Crippen LogP contribution in [-0.2, 0) is 11.3 Å². The molecule has 1 spiro atoms. The Morgan fingerprint density at radius 3 is 3.05 bits per heavy atom. The molecular weight excluding hydrogens is 250 g/mol. The van der Waals surface area contributed by atoms with Crippen molar-refractivity contribution in [2.45, 2.75) is 70.1 Å². The standard InChI is InChI=1S/C16H27N3O/c1-2-17-13-14-6-10-19(18-14)15-7-11-20-16(12-15)8-4-3-5-9-16/h6,10,15,17H,2-5,7-9,11-13H2,1H3. The number of ether oxygens (including phenoxy) is 1. The number of aromatic nitrogens is 2. The minimum atomic E-state index is 0.162. The van der Waals surface area contributed by atoms with Crippen LogP contribution < -0.4 is 5.32 Å². The highest BCUT2D eigenvalue weighted by molar-refractivity contribution is 5.01. The van der Waals surface area contributed by atoms with E-state index in [0.29, 0.717) is 6.04 Å². The lowest BCUT2D eigenvalue weighted by atomic mass is 9.78. The molecule has 1 aliphatic carbocycles. The lowest BCUT2D eigenvalue weighted by Crippen LogP contribution is -2.42. The SMILES string of the molecule is CCNCc1ccn(C2CCOC3(CCCCC3)C2)n1. The predicted molar refractivity (Wildman–Crippen MR) is 79.6 cm³/mol. The van der Waals surface area contributed by atoms with E-state index in [2.05, 4.69) is 29.2 Å². The highest BCUT2D eigenvalue weighted by Gasteiger charge is 2.39. The van der Waals surface area contributed by atoms with E-state index in [4.69, 9.17) is 9.84 Å².